The Labute approximate surface area is 85.2 Å². The maximum Gasteiger partial charge on any atom is 2.00 e. The Morgan fingerprint density at radius 3 is 2.31 bits per heavy atom. The quantitative estimate of drug-likeness (QED) is 0.306. The molecule has 1 heterocycles. The van der Waals surface area contributed by atoms with Gasteiger partial charge in [-0.05, 0) is 0 Å². The molecule has 0 aromatic carbocycles. The Hall–Kier alpha value is 0.279. The molecule has 1 aliphatic heterocycles. The third kappa shape index (κ3) is 2.39. The molecule has 0 spiro atoms. The summed E-state index contributed by atoms with van der Waals surface area (Å²) >= 11 is 0. The molecule has 1 aliphatic rings. The maximum atomic E-state index is 9.24. The largest absolute Gasteiger partial charge is 2.00 e. The number of aliphatic hydroxyl groups excluding tert-OH is 4. The molecule has 1 saturated heterocycles. The predicted molar refractivity (Wildman–Crippen MR) is 36.0 cm³/mol. The summed E-state index contributed by atoms with van der Waals surface area (Å²) in [6.45, 7) is -1.16. The van der Waals surface area contributed by atoms with Gasteiger partial charge in [0.25, 0.3) is 0 Å². The summed E-state index contributed by atoms with van der Waals surface area (Å²) in [6.07, 6.45) is -4.45. The van der Waals surface area contributed by atoms with Crippen molar-refractivity contribution in [2.75, 3.05) is 13.2 Å². The summed E-state index contributed by atoms with van der Waals surface area (Å²) in [5, 5.41) is 45.0. The first-order chi connectivity index (χ1) is 5.51. The van der Waals surface area contributed by atoms with Crippen molar-refractivity contribution >= 4 is 0 Å². The Balaban J connectivity index is 0.00000144. The van der Waals surface area contributed by atoms with Crippen molar-refractivity contribution in [3.05, 3.63) is 0 Å². The predicted octanol–water partition coefficient (Wildman–Crippen LogP) is -3.22. The van der Waals surface area contributed by atoms with Crippen LogP contribution in [0.3, 0.4) is 0 Å². The molecule has 78 valence electrons. The summed E-state index contributed by atoms with van der Waals surface area (Å²) < 4.78 is 4.56. The van der Waals surface area contributed by atoms with E-state index in [0.717, 1.165) is 0 Å². The molecule has 0 aromatic heterocycles. The van der Waals surface area contributed by atoms with Crippen LogP contribution in [0.25, 0.3) is 0 Å². The number of aliphatic hydroxyl groups is 5. The molecule has 0 aromatic rings. The third-order valence-electron chi connectivity index (χ3n) is 1.91. The van der Waals surface area contributed by atoms with Crippen LogP contribution in [-0.4, -0.2) is 62.8 Å². The monoisotopic (exact) mass is 236 g/mol. The third-order valence-corrected chi connectivity index (χ3v) is 1.91. The zero-order chi connectivity index (χ0) is 9.35. The Kier molecular flexibility index (Phi) is 4.78. The van der Waals surface area contributed by atoms with Crippen molar-refractivity contribution in [2.45, 2.75) is 24.1 Å². The van der Waals surface area contributed by atoms with Crippen molar-refractivity contribution in [3.8, 4) is 0 Å². The van der Waals surface area contributed by atoms with E-state index in [0.29, 0.717) is 0 Å². The second-order valence-electron chi connectivity index (χ2n) is 2.82. The summed E-state index contributed by atoms with van der Waals surface area (Å²) in [5.74, 6) is -2.17. The molecule has 0 bridgehead atoms. The van der Waals surface area contributed by atoms with Gasteiger partial charge in [-0.25, -0.2) is 0 Å². The van der Waals surface area contributed by atoms with Gasteiger partial charge >= 0.3 is 17.1 Å². The number of hydrogen-bond donors (Lipinski definition) is 5. The molecule has 7 heteroatoms. The fourth-order valence-electron chi connectivity index (χ4n) is 1.03. The van der Waals surface area contributed by atoms with Gasteiger partial charge in [0.15, 0.2) is 0 Å². The second kappa shape index (κ2) is 4.68. The molecular formula is C6H12FeO6+2. The Morgan fingerprint density at radius 2 is 1.85 bits per heavy atom. The van der Waals surface area contributed by atoms with Gasteiger partial charge in [-0.1, -0.05) is 0 Å². The molecule has 0 radical (unpaired) electrons. The summed E-state index contributed by atoms with van der Waals surface area (Å²) in [5.41, 5.74) is 0. The second-order valence-corrected chi connectivity index (χ2v) is 2.82. The zero-order valence-corrected chi connectivity index (χ0v) is 7.75. The Bertz CT molecular complexity index is 167. The van der Waals surface area contributed by atoms with Gasteiger partial charge in [0.05, 0.1) is 13.2 Å². The van der Waals surface area contributed by atoms with Gasteiger partial charge < -0.3 is 30.3 Å². The average molecular weight is 236 g/mol. The van der Waals surface area contributed by atoms with Crippen LogP contribution in [0.5, 0.6) is 0 Å². The molecule has 0 unspecified atom stereocenters. The van der Waals surface area contributed by atoms with E-state index in [9.17, 15) is 5.11 Å². The van der Waals surface area contributed by atoms with Crippen molar-refractivity contribution < 1.29 is 47.3 Å². The molecule has 0 aliphatic carbocycles. The van der Waals surface area contributed by atoms with Gasteiger partial charge in [-0.2, -0.15) is 0 Å². The molecule has 6 nitrogen and oxygen atoms in total. The molecule has 0 amide bonds. The molecule has 0 saturated carbocycles. The topological polar surface area (TPSA) is 110 Å². The molecule has 4 atom stereocenters. The summed E-state index contributed by atoms with van der Waals surface area (Å²) in [7, 11) is 0. The molecule has 13 heavy (non-hydrogen) atoms. The SMILES string of the molecule is OC[C@]1(O)OC[C@@H](O)[C@H](O)[C@H]1O.[Fe+2]. The van der Waals surface area contributed by atoms with E-state index >= 15 is 0 Å². The molecule has 1 fully saturated rings. The molecule has 1 rings (SSSR count). The van der Waals surface area contributed by atoms with Crippen LogP contribution in [0.1, 0.15) is 0 Å². The van der Waals surface area contributed by atoms with E-state index in [-0.39, 0.29) is 23.7 Å². The van der Waals surface area contributed by atoms with Crippen LogP contribution in [0.4, 0.5) is 0 Å². The van der Waals surface area contributed by atoms with Crippen LogP contribution < -0.4 is 0 Å². The Morgan fingerprint density at radius 1 is 1.31 bits per heavy atom. The standard InChI is InChI=1S/C6H12O6.Fe/c7-2-6(11)5(10)4(9)3(8)1-12-6;/h3-5,7-11H,1-2H2;/q;+2/t3-,4+,5-,6+;/m1./s1. The molecule has 5 N–H and O–H groups in total. The van der Waals surface area contributed by atoms with Crippen molar-refractivity contribution in [1.82, 2.24) is 0 Å². The number of hydrogen-bond acceptors (Lipinski definition) is 6. The fourth-order valence-corrected chi connectivity index (χ4v) is 1.03. The molecular weight excluding hydrogens is 224 g/mol. The number of rotatable bonds is 1. The smallest absolute Gasteiger partial charge is 0.391 e. The first-order valence-electron chi connectivity index (χ1n) is 3.52. The van der Waals surface area contributed by atoms with Gasteiger partial charge in [0.1, 0.15) is 18.3 Å². The van der Waals surface area contributed by atoms with E-state index in [1.807, 2.05) is 0 Å². The van der Waals surface area contributed by atoms with Crippen molar-refractivity contribution in [1.29, 1.82) is 0 Å². The van der Waals surface area contributed by atoms with Gasteiger partial charge in [0.2, 0.25) is 5.79 Å². The summed E-state index contributed by atoms with van der Waals surface area (Å²) in [4.78, 5) is 0. The minimum Gasteiger partial charge on any atom is -0.391 e. The van der Waals surface area contributed by atoms with E-state index in [2.05, 4.69) is 4.74 Å². The maximum absolute atomic E-state index is 9.24. The first kappa shape index (κ1) is 13.3. The van der Waals surface area contributed by atoms with Crippen molar-refractivity contribution in [3.63, 3.8) is 0 Å². The van der Waals surface area contributed by atoms with Gasteiger partial charge in [0, 0.05) is 0 Å². The number of ether oxygens (including phenoxy) is 1. The van der Waals surface area contributed by atoms with Crippen LogP contribution in [0.15, 0.2) is 0 Å². The van der Waals surface area contributed by atoms with E-state index < -0.39 is 30.7 Å². The van der Waals surface area contributed by atoms with Crippen LogP contribution in [0, 0.1) is 0 Å². The van der Waals surface area contributed by atoms with Gasteiger partial charge in [-0.15, -0.1) is 0 Å². The van der Waals surface area contributed by atoms with Crippen LogP contribution >= 0.6 is 0 Å². The summed E-state index contributed by atoms with van der Waals surface area (Å²) in [6, 6.07) is 0. The fraction of sp³-hybridized carbons (Fsp3) is 1.00. The van der Waals surface area contributed by atoms with E-state index in [4.69, 9.17) is 20.4 Å². The van der Waals surface area contributed by atoms with Crippen molar-refractivity contribution in [2.24, 2.45) is 0 Å². The average Bonchev–Trinajstić information content (AvgIpc) is 2.09. The van der Waals surface area contributed by atoms with Crippen LogP contribution in [-0.2, 0) is 21.8 Å². The minimum absolute atomic E-state index is 0. The first-order valence-corrected chi connectivity index (χ1v) is 3.52. The van der Waals surface area contributed by atoms with Crippen LogP contribution in [0.2, 0.25) is 0 Å². The normalized spacial score (nSPS) is 45.5. The van der Waals surface area contributed by atoms with E-state index in [1.54, 1.807) is 0 Å². The van der Waals surface area contributed by atoms with E-state index in [1.165, 1.54) is 0 Å². The van der Waals surface area contributed by atoms with Gasteiger partial charge in [-0.3, -0.25) is 0 Å². The zero-order valence-electron chi connectivity index (χ0n) is 6.64. The minimum atomic E-state index is -2.17.